The monoisotopic (exact) mass is 392 g/mol. The van der Waals surface area contributed by atoms with Gasteiger partial charge in [0, 0.05) is 36.3 Å². The average molecular weight is 392 g/mol. The lowest BCUT2D eigenvalue weighted by Crippen LogP contribution is -2.30. The minimum atomic E-state index is -4.50. The Hall–Kier alpha value is -2.38. The molecule has 1 saturated heterocycles. The van der Waals surface area contributed by atoms with E-state index in [4.69, 9.17) is 0 Å². The van der Waals surface area contributed by atoms with Crippen LogP contribution in [0.4, 0.5) is 13.2 Å². The number of allylic oxidation sites excluding steroid dienone is 1. The highest BCUT2D eigenvalue weighted by Crippen LogP contribution is 2.33. The van der Waals surface area contributed by atoms with Gasteiger partial charge < -0.3 is 4.90 Å². The molecule has 0 spiro atoms. The quantitative estimate of drug-likeness (QED) is 0.789. The zero-order valence-electron chi connectivity index (χ0n) is 15.8. The van der Waals surface area contributed by atoms with Crippen molar-refractivity contribution < 1.29 is 18.0 Å². The summed E-state index contributed by atoms with van der Waals surface area (Å²) in [5.41, 5.74) is 1.23. The van der Waals surface area contributed by atoms with E-state index in [2.05, 4.69) is 10.1 Å². The van der Waals surface area contributed by atoms with E-state index in [0.29, 0.717) is 37.3 Å². The zero-order chi connectivity index (χ0) is 19.9. The van der Waals surface area contributed by atoms with Gasteiger partial charge in [-0.2, -0.15) is 18.3 Å². The van der Waals surface area contributed by atoms with Crippen LogP contribution >= 0.6 is 0 Å². The van der Waals surface area contributed by atoms with E-state index in [9.17, 15) is 18.0 Å². The summed E-state index contributed by atoms with van der Waals surface area (Å²) >= 11 is 0. The molecule has 1 fully saturated rings. The molecule has 8 heteroatoms. The molecule has 150 valence electrons. The van der Waals surface area contributed by atoms with Crippen molar-refractivity contribution in [3.05, 3.63) is 40.9 Å². The van der Waals surface area contributed by atoms with Crippen molar-refractivity contribution in [3.8, 4) is 0 Å². The third kappa shape index (κ3) is 3.52. The first-order valence-electron chi connectivity index (χ1n) is 9.82. The highest BCUT2D eigenvalue weighted by molar-refractivity contribution is 5.93. The van der Waals surface area contributed by atoms with Gasteiger partial charge in [-0.25, -0.2) is 9.50 Å². The molecule has 2 aromatic rings. The standard InChI is InChI=1S/C20H23F3N4O/c1-2-15-10-17(20(21,22)23)27-18(24-15)11-16(25-27)14-8-9-26(12-14)19(28)13-6-4-3-5-7-13/h6,10-11,14H,2-5,7-9,12H2,1H3/t14-/m1/s1. The van der Waals surface area contributed by atoms with Gasteiger partial charge in [0.15, 0.2) is 5.65 Å². The van der Waals surface area contributed by atoms with Gasteiger partial charge in [-0.05, 0) is 44.6 Å². The Morgan fingerprint density at radius 3 is 2.79 bits per heavy atom. The van der Waals surface area contributed by atoms with Crippen molar-refractivity contribution in [1.29, 1.82) is 0 Å². The summed E-state index contributed by atoms with van der Waals surface area (Å²) in [6, 6.07) is 2.69. The number of alkyl halides is 3. The zero-order valence-corrected chi connectivity index (χ0v) is 15.8. The van der Waals surface area contributed by atoms with E-state index >= 15 is 0 Å². The summed E-state index contributed by atoms with van der Waals surface area (Å²) in [7, 11) is 0. The predicted molar refractivity (Wildman–Crippen MR) is 97.9 cm³/mol. The number of carbonyl (C=O) groups is 1. The highest BCUT2D eigenvalue weighted by Gasteiger charge is 2.36. The summed E-state index contributed by atoms with van der Waals surface area (Å²) in [5, 5.41) is 4.22. The molecule has 1 aliphatic carbocycles. The second-order valence-corrected chi connectivity index (χ2v) is 7.54. The van der Waals surface area contributed by atoms with Crippen LogP contribution in [0.2, 0.25) is 0 Å². The minimum absolute atomic E-state index is 0.0633. The Bertz CT molecular complexity index is 931. The van der Waals surface area contributed by atoms with Crippen LogP contribution in [0.15, 0.2) is 23.8 Å². The molecular weight excluding hydrogens is 369 g/mol. The molecule has 1 aliphatic heterocycles. The fraction of sp³-hybridized carbons (Fsp3) is 0.550. The van der Waals surface area contributed by atoms with Gasteiger partial charge in [-0.3, -0.25) is 4.79 Å². The number of halogens is 3. The van der Waals surface area contributed by atoms with Crippen LogP contribution in [-0.2, 0) is 17.4 Å². The number of aromatic nitrogens is 3. The number of hydrogen-bond donors (Lipinski definition) is 0. The predicted octanol–water partition coefficient (Wildman–Crippen LogP) is 4.13. The molecule has 4 rings (SSSR count). The highest BCUT2D eigenvalue weighted by atomic mass is 19.4. The number of nitrogens with zero attached hydrogens (tertiary/aromatic N) is 4. The SMILES string of the molecule is CCc1cc(C(F)(F)F)n2nc([C@@H]3CCN(C(=O)C4=CCCCC4)C3)cc2n1. The Morgan fingerprint density at radius 1 is 1.29 bits per heavy atom. The fourth-order valence-electron chi connectivity index (χ4n) is 4.05. The molecule has 5 nitrogen and oxygen atoms in total. The average Bonchev–Trinajstić information content (AvgIpc) is 3.33. The molecule has 1 amide bonds. The van der Waals surface area contributed by atoms with Gasteiger partial charge >= 0.3 is 6.18 Å². The Labute approximate surface area is 161 Å². The van der Waals surface area contributed by atoms with E-state index < -0.39 is 11.9 Å². The number of rotatable bonds is 3. The molecule has 3 heterocycles. The van der Waals surface area contributed by atoms with Crippen LogP contribution in [0.3, 0.4) is 0 Å². The third-order valence-corrected chi connectivity index (χ3v) is 5.61. The second kappa shape index (κ2) is 7.22. The normalized spacial score (nSPS) is 20.6. The first-order valence-corrected chi connectivity index (χ1v) is 9.82. The third-order valence-electron chi connectivity index (χ3n) is 5.61. The van der Waals surface area contributed by atoms with Crippen molar-refractivity contribution in [3.63, 3.8) is 0 Å². The van der Waals surface area contributed by atoms with Crippen LogP contribution in [0, 0.1) is 0 Å². The summed E-state index contributed by atoms with van der Waals surface area (Å²) < 4.78 is 41.2. The van der Waals surface area contributed by atoms with Crippen molar-refractivity contribution in [2.24, 2.45) is 0 Å². The molecule has 2 aliphatic rings. The molecule has 0 saturated carbocycles. The maximum absolute atomic E-state index is 13.4. The topological polar surface area (TPSA) is 50.5 Å². The molecule has 28 heavy (non-hydrogen) atoms. The number of carbonyl (C=O) groups excluding carboxylic acids is 1. The summed E-state index contributed by atoms with van der Waals surface area (Å²) in [6.45, 7) is 2.87. The van der Waals surface area contributed by atoms with Crippen LogP contribution in [-0.4, -0.2) is 38.5 Å². The summed E-state index contributed by atoms with van der Waals surface area (Å²) in [6.07, 6.45) is 2.55. The molecule has 0 aromatic carbocycles. The number of aryl methyl sites for hydroxylation is 1. The van der Waals surface area contributed by atoms with Gasteiger partial charge in [0.1, 0.15) is 5.69 Å². The van der Waals surface area contributed by atoms with Crippen molar-refractivity contribution in [2.75, 3.05) is 13.1 Å². The molecule has 0 bridgehead atoms. The van der Waals surface area contributed by atoms with Crippen LogP contribution in [0.25, 0.3) is 5.65 Å². The number of hydrogen-bond acceptors (Lipinski definition) is 3. The van der Waals surface area contributed by atoms with Gasteiger partial charge in [0.2, 0.25) is 5.91 Å². The van der Waals surface area contributed by atoms with Crippen LogP contribution in [0.1, 0.15) is 62.0 Å². The van der Waals surface area contributed by atoms with Crippen LogP contribution in [0.5, 0.6) is 0 Å². The first kappa shape index (κ1) is 19.0. The fourth-order valence-corrected chi connectivity index (χ4v) is 4.05. The van der Waals surface area contributed by atoms with E-state index in [1.807, 2.05) is 6.08 Å². The van der Waals surface area contributed by atoms with Gasteiger partial charge in [0.25, 0.3) is 0 Å². The van der Waals surface area contributed by atoms with Gasteiger partial charge in [-0.1, -0.05) is 13.0 Å². The number of fused-ring (bicyclic) bond motifs is 1. The first-order chi connectivity index (χ1) is 13.4. The van der Waals surface area contributed by atoms with E-state index in [1.165, 1.54) is 0 Å². The maximum atomic E-state index is 13.4. The molecular formula is C20H23F3N4O. The van der Waals surface area contributed by atoms with E-state index in [0.717, 1.165) is 41.8 Å². The van der Waals surface area contributed by atoms with E-state index in [1.54, 1.807) is 17.9 Å². The van der Waals surface area contributed by atoms with Crippen molar-refractivity contribution in [1.82, 2.24) is 19.5 Å². The Morgan fingerprint density at radius 2 is 2.11 bits per heavy atom. The molecule has 0 radical (unpaired) electrons. The van der Waals surface area contributed by atoms with Gasteiger partial charge in [-0.15, -0.1) is 0 Å². The minimum Gasteiger partial charge on any atom is -0.338 e. The molecule has 2 aromatic heterocycles. The van der Waals surface area contributed by atoms with Crippen LogP contribution < -0.4 is 0 Å². The van der Waals surface area contributed by atoms with Crippen molar-refractivity contribution >= 4 is 11.6 Å². The Kier molecular flexibility index (Phi) is 4.89. The van der Waals surface area contributed by atoms with E-state index in [-0.39, 0.29) is 17.5 Å². The smallest absolute Gasteiger partial charge is 0.338 e. The van der Waals surface area contributed by atoms with Gasteiger partial charge in [0.05, 0.1) is 5.69 Å². The second-order valence-electron chi connectivity index (χ2n) is 7.54. The van der Waals surface area contributed by atoms with Crippen molar-refractivity contribution in [2.45, 2.75) is 57.5 Å². The lowest BCUT2D eigenvalue weighted by atomic mass is 9.98. The lowest BCUT2D eigenvalue weighted by Gasteiger charge is -2.20. The molecule has 0 unspecified atom stereocenters. The summed E-state index contributed by atoms with van der Waals surface area (Å²) in [5.74, 6) is -0.00524. The number of amides is 1. The lowest BCUT2D eigenvalue weighted by molar-refractivity contribution is -0.142. The summed E-state index contributed by atoms with van der Waals surface area (Å²) in [4.78, 5) is 18.8. The maximum Gasteiger partial charge on any atom is 0.433 e. The molecule has 1 atom stereocenters. The largest absolute Gasteiger partial charge is 0.433 e. The molecule has 0 N–H and O–H groups in total. The Balaban J connectivity index is 1.60. The number of likely N-dealkylation sites (tertiary alicyclic amines) is 1.